The Hall–Kier alpha value is -3.57. The number of benzene rings is 2. The van der Waals surface area contributed by atoms with Crippen LogP contribution in [0.15, 0.2) is 95.6 Å². The fraction of sp³-hybridized carbons (Fsp3) is 0.107. The summed E-state index contributed by atoms with van der Waals surface area (Å²) in [4.78, 5) is 14.7. The van der Waals surface area contributed by atoms with Crippen molar-refractivity contribution in [2.45, 2.75) is 13.3 Å². The Labute approximate surface area is 200 Å². The van der Waals surface area contributed by atoms with Crippen molar-refractivity contribution >= 4 is 43.4 Å². The van der Waals surface area contributed by atoms with Gasteiger partial charge in [-0.15, -0.1) is 0 Å². The topological polar surface area (TPSA) is 43.6 Å². The van der Waals surface area contributed by atoms with Crippen LogP contribution in [0.1, 0.15) is 19.0 Å². The molecular formula is C28H21BrN4. The van der Waals surface area contributed by atoms with Crippen molar-refractivity contribution in [2.75, 3.05) is 0 Å². The van der Waals surface area contributed by atoms with E-state index in [0.717, 1.165) is 55.7 Å². The molecule has 3 heterocycles. The number of nitrogens with zero attached hydrogens (tertiary/aromatic N) is 4. The summed E-state index contributed by atoms with van der Waals surface area (Å²) < 4.78 is 3.22. The molecule has 0 radical (unpaired) electrons. The number of aromatic nitrogens is 4. The van der Waals surface area contributed by atoms with Gasteiger partial charge in [0.25, 0.3) is 0 Å². The van der Waals surface area contributed by atoms with Crippen LogP contribution in [-0.2, 0) is 0 Å². The first-order chi connectivity index (χ1) is 16.2. The molecule has 5 aromatic rings. The molecule has 4 nitrogen and oxygen atoms in total. The van der Waals surface area contributed by atoms with Gasteiger partial charge in [-0.3, -0.25) is 9.55 Å². The Morgan fingerprint density at radius 1 is 0.939 bits per heavy atom. The van der Waals surface area contributed by atoms with Crippen LogP contribution in [0, 0.1) is 5.92 Å². The molecule has 1 aliphatic rings. The zero-order valence-corrected chi connectivity index (χ0v) is 19.7. The molecule has 0 spiro atoms. The van der Waals surface area contributed by atoms with Crippen LogP contribution in [0.2, 0.25) is 0 Å². The second-order valence-electron chi connectivity index (χ2n) is 8.43. The molecule has 6 rings (SSSR count). The molecule has 1 aliphatic carbocycles. The fourth-order valence-electron chi connectivity index (χ4n) is 4.52. The first kappa shape index (κ1) is 20.1. The number of pyridine rings is 1. The third-order valence-corrected chi connectivity index (χ3v) is 6.56. The van der Waals surface area contributed by atoms with Crippen molar-refractivity contribution in [3.63, 3.8) is 0 Å². The van der Waals surface area contributed by atoms with Crippen molar-refractivity contribution < 1.29 is 0 Å². The number of rotatable bonds is 3. The van der Waals surface area contributed by atoms with Crippen LogP contribution < -0.4 is 0 Å². The third-order valence-electron chi connectivity index (χ3n) is 6.06. The van der Waals surface area contributed by atoms with E-state index in [4.69, 9.17) is 9.97 Å². The summed E-state index contributed by atoms with van der Waals surface area (Å²) in [5.74, 6) is 2.05. The van der Waals surface area contributed by atoms with Gasteiger partial charge in [0, 0.05) is 27.7 Å². The van der Waals surface area contributed by atoms with Crippen LogP contribution >= 0.6 is 15.9 Å². The third kappa shape index (κ3) is 3.58. The second-order valence-corrected chi connectivity index (χ2v) is 9.34. The maximum Gasteiger partial charge on any atom is 0.162 e. The average molecular weight is 493 g/mol. The summed E-state index contributed by atoms with van der Waals surface area (Å²) in [7, 11) is 0. The minimum Gasteiger partial charge on any atom is -0.292 e. The molecule has 1 unspecified atom stereocenters. The summed E-state index contributed by atoms with van der Waals surface area (Å²) in [6, 6.07) is 22.7. The Balaban J connectivity index is 1.67. The van der Waals surface area contributed by atoms with Gasteiger partial charge in [-0.05, 0) is 48.2 Å². The lowest BCUT2D eigenvalue weighted by Crippen LogP contribution is -2.06. The Morgan fingerprint density at radius 2 is 1.82 bits per heavy atom. The standard InChI is InChI=1S/C28H21BrN4/c1-18-7-5-10-20(15-18)23-17-26(32-28(31-23)19-8-3-2-4-9-19)33-24-11-6-14-30-27(24)22-13-12-21(29)16-25(22)33/h2-14,16-18H,15H2,1H3. The largest absolute Gasteiger partial charge is 0.292 e. The molecule has 0 fully saturated rings. The fourth-order valence-corrected chi connectivity index (χ4v) is 4.86. The zero-order valence-electron chi connectivity index (χ0n) is 18.1. The molecule has 0 saturated carbocycles. The highest BCUT2D eigenvalue weighted by Crippen LogP contribution is 2.34. The maximum absolute atomic E-state index is 5.05. The number of halogens is 1. The highest BCUT2D eigenvalue weighted by Gasteiger charge is 2.18. The minimum absolute atomic E-state index is 0.483. The van der Waals surface area contributed by atoms with Gasteiger partial charge >= 0.3 is 0 Å². The van der Waals surface area contributed by atoms with E-state index in [0.29, 0.717) is 5.92 Å². The lowest BCUT2D eigenvalue weighted by atomic mass is 9.94. The summed E-state index contributed by atoms with van der Waals surface area (Å²) >= 11 is 3.65. The van der Waals surface area contributed by atoms with Crippen molar-refractivity contribution in [1.82, 2.24) is 19.5 Å². The molecule has 1 atom stereocenters. The van der Waals surface area contributed by atoms with Gasteiger partial charge in [-0.25, -0.2) is 9.97 Å². The normalized spacial score (nSPS) is 15.8. The van der Waals surface area contributed by atoms with Gasteiger partial charge < -0.3 is 0 Å². The number of allylic oxidation sites excluding steroid dienone is 4. The van der Waals surface area contributed by atoms with E-state index in [1.807, 2.05) is 30.5 Å². The smallest absolute Gasteiger partial charge is 0.162 e. The quantitative estimate of drug-likeness (QED) is 0.264. The molecule has 0 saturated heterocycles. The maximum atomic E-state index is 5.05. The van der Waals surface area contributed by atoms with Gasteiger partial charge in [0.15, 0.2) is 5.82 Å². The molecule has 33 heavy (non-hydrogen) atoms. The molecule has 160 valence electrons. The molecule has 0 N–H and O–H groups in total. The summed E-state index contributed by atoms with van der Waals surface area (Å²) in [6.45, 7) is 2.24. The molecular weight excluding hydrogens is 472 g/mol. The van der Waals surface area contributed by atoms with Gasteiger partial charge in [-0.2, -0.15) is 0 Å². The van der Waals surface area contributed by atoms with Gasteiger partial charge in [0.05, 0.1) is 22.2 Å². The van der Waals surface area contributed by atoms with E-state index in [2.05, 4.69) is 93.1 Å². The highest BCUT2D eigenvalue weighted by molar-refractivity contribution is 9.10. The first-order valence-corrected chi connectivity index (χ1v) is 11.8. The van der Waals surface area contributed by atoms with Crippen LogP contribution in [0.3, 0.4) is 0 Å². The summed E-state index contributed by atoms with van der Waals surface area (Å²) in [5, 5.41) is 1.10. The predicted octanol–water partition coefficient (Wildman–Crippen LogP) is 7.38. The Morgan fingerprint density at radius 3 is 2.67 bits per heavy atom. The van der Waals surface area contributed by atoms with Crippen molar-refractivity contribution in [2.24, 2.45) is 5.92 Å². The van der Waals surface area contributed by atoms with Crippen LogP contribution in [0.5, 0.6) is 0 Å². The molecule has 0 amide bonds. The minimum atomic E-state index is 0.483. The molecule has 0 bridgehead atoms. The summed E-state index contributed by atoms with van der Waals surface area (Å²) in [6.07, 6.45) is 9.34. The van der Waals surface area contributed by atoms with Crippen LogP contribution in [0.25, 0.3) is 44.7 Å². The Bertz CT molecular complexity index is 1560. The molecule has 2 aromatic carbocycles. The van der Waals surface area contributed by atoms with Crippen LogP contribution in [0.4, 0.5) is 0 Å². The predicted molar refractivity (Wildman–Crippen MR) is 138 cm³/mol. The van der Waals surface area contributed by atoms with Gasteiger partial charge in [0.2, 0.25) is 0 Å². The van der Waals surface area contributed by atoms with Gasteiger partial charge in [0.1, 0.15) is 5.82 Å². The molecule has 0 aliphatic heterocycles. The van der Waals surface area contributed by atoms with Crippen molar-refractivity contribution in [3.05, 3.63) is 101 Å². The van der Waals surface area contributed by atoms with Crippen molar-refractivity contribution in [1.29, 1.82) is 0 Å². The Kier molecular flexibility index (Phi) is 4.92. The molecule has 5 heteroatoms. The van der Waals surface area contributed by atoms with Crippen LogP contribution in [-0.4, -0.2) is 19.5 Å². The number of hydrogen-bond acceptors (Lipinski definition) is 3. The highest BCUT2D eigenvalue weighted by atomic mass is 79.9. The number of hydrogen-bond donors (Lipinski definition) is 0. The average Bonchev–Trinajstić information content (AvgIpc) is 3.17. The number of fused-ring (bicyclic) bond motifs is 3. The van der Waals surface area contributed by atoms with Gasteiger partial charge in [-0.1, -0.05) is 71.4 Å². The molecule has 3 aromatic heterocycles. The zero-order chi connectivity index (χ0) is 22.4. The van der Waals surface area contributed by atoms with E-state index in [1.54, 1.807) is 0 Å². The lowest BCUT2D eigenvalue weighted by Gasteiger charge is -2.16. The second kappa shape index (κ2) is 8.09. The summed E-state index contributed by atoms with van der Waals surface area (Å²) in [5.41, 5.74) is 6.25. The van der Waals surface area contributed by atoms with Crippen molar-refractivity contribution in [3.8, 4) is 17.2 Å². The van der Waals surface area contributed by atoms with E-state index in [1.165, 1.54) is 5.57 Å². The first-order valence-electron chi connectivity index (χ1n) is 11.0. The monoisotopic (exact) mass is 492 g/mol. The van der Waals surface area contributed by atoms with E-state index in [9.17, 15) is 0 Å². The SMILES string of the molecule is CC1C=CC=C(c2cc(-n3c4cc(Br)ccc4c4ncccc43)nc(-c3ccccc3)n2)C1. The lowest BCUT2D eigenvalue weighted by molar-refractivity contribution is 0.746. The van der Waals surface area contributed by atoms with E-state index < -0.39 is 0 Å². The van der Waals surface area contributed by atoms with E-state index in [-0.39, 0.29) is 0 Å². The van der Waals surface area contributed by atoms with E-state index >= 15 is 0 Å².